The number of carbonyl (C=O) groups excluding carboxylic acids is 1. The van der Waals surface area contributed by atoms with Gasteiger partial charge in [0.1, 0.15) is 5.54 Å². The lowest BCUT2D eigenvalue weighted by Gasteiger charge is -2.33. The van der Waals surface area contributed by atoms with Crippen molar-refractivity contribution in [2.24, 2.45) is 0 Å². The van der Waals surface area contributed by atoms with Gasteiger partial charge in [0.2, 0.25) is 0 Å². The molecule has 1 unspecified atom stereocenters. The van der Waals surface area contributed by atoms with Crippen LogP contribution in [0.3, 0.4) is 0 Å². The molecule has 1 heterocycles. The van der Waals surface area contributed by atoms with Crippen LogP contribution in [-0.4, -0.2) is 12.3 Å². The van der Waals surface area contributed by atoms with Crippen LogP contribution in [0.5, 0.6) is 0 Å². The number of allylic oxidation sites excluding steroid dienone is 1. The Labute approximate surface area is 137 Å². The van der Waals surface area contributed by atoms with E-state index >= 15 is 0 Å². The van der Waals surface area contributed by atoms with E-state index in [1.54, 1.807) is 13.0 Å². The Hall–Kier alpha value is -2.63. The van der Waals surface area contributed by atoms with Crippen molar-refractivity contribution < 1.29 is 4.79 Å². The first-order valence-corrected chi connectivity index (χ1v) is 7.81. The van der Waals surface area contributed by atoms with Crippen LogP contribution in [0.25, 0.3) is 0 Å². The Balaban J connectivity index is 2.10. The summed E-state index contributed by atoms with van der Waals surface area (Å²) < 4.78 is 0. The predicted octanol–water partition coefficient (Wildman–Crippen LogP) is 3.22. The average molecular weight is 301 g/mol. The minimum Gasteiger partial charge on any atom is -0.295 e. The number of rotatable bonds is 2. The summed E-state index contributed by atoms with van der Waals surface area (Å²) in [7, 11) is 0. The summed E-state index contributed by atoms with van der Waals surface area (Å²) in [6, 6.07) is 18.2. The van der Waals surface area contributed by atoms with Crippen LogP contribution in [0.2, 0.25) is 0 Å². The van der Waals surface area contributed by atoms with Crippen molar-refractivity contribution in [3.63, 3.8) is 0 Å². The molecule has 2 nitrogen and oxygen atoms in total. The van der Waals surface area contributed by atoms with Crippen molar-refractivity contribution in [2.45, 2.75) is 18.9 Å². The third kappa shape index (κ3) is 3.41. The normalized spacial score (nSPS) is 19.7. The molecule has 3 rings (SSSR count). The lowest BCUT2D eigenvalue weighted by Crippen LogP contribution is -2.45. The van der Waals surface area contributed by atoms with Gasteiger partial charge in [-0.3, -0.25) is 10.1 Å². The fourth-order valence-electron chi connectivity index (χ4n) is 2.85. The molecule has 2 aromatic carbocycles. The van der Waals surface area contributed by atoms with Gasteiger partial charge < -0.3 is 0 Å². The molecule has 0 spiro atoms. The van der Waals surface area contributed by atoms with Crippen LogP contribution in [-0.2, 0) is 16.8 Å². The van der Waals surface area contributed by atoms with Crippen molar-refractivity contribution in [1.29, 1.82) is 0 Å². The fraction of sp³-hybridized carbons (Fsp3) is 0.190. The van der Waals surface area contributed by atoms with Gasteiger partial charge in [-0.2, -0.15) is 0 Å². The molecule has 0 bridgehead atoms. The Morgan fingerprint density at radius 3 is 2.65 bits per heavy atom. The van der Waals surface area contributed by atoms with Crippen molar-refractivity contribution in [1.82, 2.24) is 5.32 Å². The molecule has 0 saturated carbocycles. The van der Waals surface area contributed by atoms with E-state index in [-0.39, 0.29) is 5.78 Å². The van der Waals surface area contributed by atoms with Gasteiger partial charge >= 0.3 is 0 Å². The van der Waals surface area contributed by atoms with E-state index in [2.05, 4.69) is 29.3 Å². The highest BCUT2D eigenvalue weighted by Crippen LogP contribution is 2.29. The minimum absolute atomic E-state index is 0.0238. The van der Waals surface area contributed by atoms with Crippen LogP contribution in [0.1, 0.15) is 23.6 Å². The number of hydrogen-bond acceptors (Lipinski definition) is 2. The van der Waals surface area contributed by atoms with E-state index in [0.29, 0.717) is 0 Å². The molecule has 1 atom stereocenters. The zero-order valence-corrected chi connectivity index (χ0v) is 13.2. The second-order valence-electron chi connectivity index (χ2n) is 5.70. The van der Waals surface area contributed by atoms with Gasteiger partial charge in [-0.1, -0.05) is 54.3 Å². The van der Waals surface area contributed by atoms with E-state index in [1.165, 1.54) is 5.56 Å². The van der Waals surface area contributed by atoms with Crippen LogP contribution >= 0.6 is 0 Å². The highest BCUT2D eigenvalue weighted by molar-refractivity contribution is 5.87. The number of hydrogen-bond donors (Lipinski definition) is 1. The summed E-state index contributed by atoms with van der Waals surface area (Å²) in [5.41, 5.74) is 2.76. The van der Waals surface area contributed by atoms with Gasteiger partial charge in [-0.05, 0) is 48.8 Å². The first-order chi connectivity index (χ1) is 11.2. The maximum absolute atomic E-state index is 11.5. The van der Waals surface area contributed by atoms with Crippen LogP contribution in [0, 0.1) is 11.8 Å². The summed E-state index contributed by atoms with van der Waals surface area (Å²) in [4.78, 5) is 11.5. The topological polar surface area (TPSA) is 29.1 Å². The standard InChI is InChI=1S/C21H19NO/c1-17(23)11-14-21(15-12-18-7-3-2-4-8-18)20-10-6-5-9-19(20)13-16-22-21/h2-11,14,22H,13,16H2,1H3. The van der Waals surface area contributed by atoms with Crippen LogP contribution in [0.15, 0.2) is 66.7 Å². The SMILES string of the molecule is CC(=O)C=CC1(C#Cc2ccccc2)NCCc2ccccc21. The monoisotopic (exact) mass is 301 g/mol. The number of ketones is 1. The molecule has 0 radical (unpaired) electrons. The quantitative estimate of drug-likeness (QED) is 0.681. The highest BCUT2D eigenvalue weighted by atomic mass is 16.1. The Morgan fingerprint density at radius 1 is 1.13 bits per heavy atom. The summed E-state index contributed by atoms with van der Waals surface area (Å²) in [6.45, 7) is 2.40. The van der Waals surface area contributed by atoms with Gasteiger partial charge in [0.05, 0.1) is 0 Å². The number of nitrogens with one attached hydrogen (secondary N) is 1. The molecule has 0 saturated heterocycles. The summed E-state index contributed by atoms with van der Waals surface area (Å²) >= 11 is 0. The number of fused-ring (bicyclic) bond motifs is 1. The van der Waals surface area contributed by atoms with Crippen molar-refractivity contribution in [3.05, 3.63) is 83.4 Å². The smallest absolute Gasteiger partial charge is 0.152 e. The number of benzene rings is 2. The molecule has 2 aromatic rings. The Kier molecular flexibility index (Phi) is 4.41. The summed E-state index contributed by atoms with van der Waals surface area (Å²) in [6.07, 6.45) is 4.47. The average Bonchev–Trinajstić information content (AvgIpc) is 2.59. The second-order valence-corrected chi connectivity index (χ2v) is 5.70. The third-order valence-corrected chi connectivity index (χ3v) is 3.99. The van der Waals surface area contributed by atoms with Gasteiger partial charge in [-0.25, -0.2) is 0 Å². The molecule has 23 heavy (non-hydrogen) atoms. The molecule has 0 aromatic heterocycles. The van der Waals surface area contributed by atoms with E-state index < -0.39 is 5.54 Å². The minimum atomic E-state index is -0.615. The Bertz CT molecular complexity index is 795. The van der Waals surface area contributed by atoms with E-state index in [9.17, 15) is 4.79 Å². The summed E-state index contributed by atoms with van der Waals surface area (Å²) in [5, 5.41) is 3.50. The second kappa shape index (κ2) is 6.64. The molecule has 0 fully saturated rings. The predicted molar refractivity (Wildman–Crippen MR) is 93.0 cm³/mol. The maximum atomic E-state index is 11.5. The van der Waals surface area contributed by atoms with Crippen LogP contribution in [0.4, 0.5) is 0 Å². The highest BCUT2D eigenvalue weighted by Gasteiger charge is 2.32. The van der Waals surface area contributed by atoms with E-state index in [1.807, 2.05) is 48.5 Å². The lowest BCUT2D eigenvalue weighted by molar-refractivity contribution is -0.112. The largest absolute Gasteiger partial charge is 0.295 e. The molecule has 1 N–H and O–H groups in total. The zero-order valence-electron chi connectivity index (χ0n) is 13.2. The van der Waals surface area contributed by atoms with Gasteiger partial charge in [0.25, 0.3) is 0 Å². The van der Waals surface area contributed by atoms with Crippen LogP contribution < -0.4 is 5.32 Å². The lowest BCUT2D eigenvalue weighted by atomic mass is 9.82. The molecule has 0 aliphatic carbocycles. The zero-order chi connectivity index (χ0) is 16.1. The van der Waals surface area contributed by atoms with Crippen molar-refractivity contribution in [3.8, 4) is 11.8 Å². The van der Waals surface area contributed by atoms with Gasteiger partial charge in [-0.15, -0.1) is 0 Å². The third-order valence-electron chi connectivity index (χ3n) is 3.99. The molecular formula is C21H19NO. The summed E-state index contributed by atoms with van der Waals surface area (Å²) in [5.74, 6) is 6.63. The first-order valence-electron chi connectivity index (χ1n) is 7.81. The van der Waals surface area contributed by atoms with E-state index in [0.717, 1.165) is 24.1 Å². The fourth-order valence-corrected chi connectivity index (χ4v) is 2.85. The van der Waals surface area contributed by atoms with Gasteiger partial charge in [0.15, 0.2) is 5.78 Å². The first kappa shape index (κ1) is 15.3. The number of carbonyl (C=O) groups is 1. The molecule has 2 heteroatoms. The molecule has 0 amide bonds. The molecular weight excluding hydrogens is 282 g/mol. The van der Waals surface area contributed by atoms with Gasteiger partial charge in [0, 0.05) is 12.1 Å². The maximum Gasteiger partial charge on any atom is 0.152 e. The van der Waals surface area contributed by atoms with Crippen molar-refractivity contribution >= 4 is 5.78 Å². The molecule has 1 aliphatic heterocycles. The Morgan fingerprint density at radius 2 is 1.87 bits per heavy atom. The molecule has 1 aliphatic rings. The van der Waals surface area contributed by atoms with Crippen molar-refractivity contribution in [2.75, 3.05) is 6.54 Å². The van der Waals surface area contributed by atoms with E-state index in [4.69, 9.17) is 0 Å². The molecule has 114 valence electrons.